The zero-order valence-electron chi connectivity index (χ0n) is 12.6. The summed E-state index contributed by atoms with van der Waals surface area (Å²) >= 11 is 0. The summed E-state index contributed by atoms with van der Waals surface area (Å²) in [5.74, 6) is -0.447. The second-order valence-electron chi connectivity index (χ2n) is 5.13. The van der Waals surface area contributed by atoms with Crippen LogP contribution in [0.2, 0.25) is 0 Å². The maximum Gasteiger partial charge on any atom is 0.309 e. The molecule has 0 aliphatic carbocycles. The average Bonchev–Trinajstić information content (AvgIpc) is 2.55. The van der Waals surface area contributed by atoms with Crippen molar-refractivity contribution in [1.29, 1.82) is 0 Å². The Kier molecular flexibility index (Phi) is 5.52. The Balaban J connectivity index is 2.01. The molecule has 1 heterocycles. The minimum absolute atomic E-state index is 0.132. The van der Waals surface area contributed by atoms with Gasteiger partial charge in [-0.05, 0) is 31.9 Å². The highest BCUT2D eigenvalue weighted by Crippen LogP contribution is 2.23. The molecule has 1 aliphatic heterocycles. The van der Waals surface area contributed by atoms with Gasteiger partial charge in [0, 0.05) is 13.1 Å². The maximum atomic E-state index is 12.6. The fourth-order valence-electron chi connectivity index (χ4n) is 2.61. The molecule has 0 unspecified atom stereocenters. The molecule has 2 rings (SSSR count). The first-order valence-corrected chi connectivity index (χ1v) is 7.42. The number of hydrogen-bond acceptors (Lipinski definition) is 4. The number of esters is 1. The Morgan fingerprint density at radius 3 is 2.64 bits per heavy atom. The van der Waals surface area contributed by atoms with Crippen molar-refractivity contribution in [3.8, 4) is 0 Å². The van der Waals surface area contributed by atoms with E-state index in [1.54, 1.807) is 36.1 Å². The average molecular weight is 304 g/mol. The molecular formula is C16H20N2O4. The first-order valence-electron chi connectivity index (χ1n) is 7.42. The van der Waals surface area contributed by atoms with Gasteiger partial charge in [0.2, 0.25) is 6.41 Å². The van der Waals surface area contributed by atoms with Gasteiger partial charge in [-0.3, -0.25) is 14.4 Å². The molecule has 0 aromatic heterocycles. The lowest BCUT2D eigenvalue weighted by Gasteiger charge is -2.31. The Morgan fingerprint density at radius 2 is 2.00 bits per heavy atom. The molecule has 118 valence electrons. The number of benzene rings is 1. The number of piperidine rings is 1. The van der Waals surface area contributed by atoms with Crippen LogP contribution >= 0.6 is 0 Å². The van der Waals surface area contributed by atoms with Gasteiger partial charge < -0.3 is 15.0 Å². The lowest BCUT2D eigenvalue weighted by atomic mass is 9.96. The van der Waals surface area contributed by atoms with E-state index in [1.807, 2.05) is 0 Å². The molecule has 6 nitrogen and oxygen atoms in total. The molecule has 6 heteroatoms. The number of ether oxygens (including phenoxy) is 1. The first kappa shape index (κ1) is 16.0. The predicted octanol–water partition coefficient (Wildman–Crippen LogP) is 1.67. The molecular weight excluding hydrogens is 284 g/mol. The monoisotopic (exact) mass is 304 g/mol. The molecule has 0 radical (unpaired) electrons. The van der Waals surface area contributed by atoms with E-state index in [4.69, 9.17) is 4.74 Å². The van der Waals surface area contributed by atoms with Crippen LogP contribution in [0.15, 0.2) is 24.3 Å². The van der Waals surface area contributed by atoms with Gasteiger partial charge in [0.25, 0.3) is 5.91 Å². The number of carbonyl (C=O) groups excluding carboxylic acids is 3. The third-order valence-electron chi connectivity index (χ3n) is 3.77. The van der Waals surface area contributed by atoms with Gasteiger partial charge in [0.1, 0.15) is 0 Å². The summed E-state index contributed by atoms with van der Waals surface area (Å²) < 4.78 is 5.02. The topological polar surface area (TPSA) is 75.7 Å². The van der Waals surface area contributed by atoms with Crippen molar-refractivity contribution in [2.24, 2.45) is 5.92 Å². The van der Waals surface area contributed by atoms with E-state index in [9.17, 15) is 14.4 Å². The second kappa shape index (κ2) is 7.59. The first-order chi connectivity index (χ1) is 10.7. The van der Waals surface area contributed by atoms with Crippen LogP contribution in [0.25, 0.3) is 0 Å². The quantitative estimate of drug-likeness (QED) is 0.663. The van der Waals surface area contributed by atoms with E-state index in [0.717, 1.165) is 0 Å². The van der Waals surface area contributed by atoms with E-state index in [2.05, 4.69) is 5.32 Å². The molecule has 1 saturated heterocycles. The zero-order valence-corrected chi connectivity index (χ0v) is 12.6. The third kappa shape index (κ3) is 3.63. The van der Waals surface area contributed by atoms with Crippen molar-refractivity contribution in [2.75, 3.05) is 25.0 Å². The molecule has 1 N–H and O–H groups in total. The maximum absolute atomic E-state index is 12.6. The summed E-state index contributed by atoms with van der Waals surface area (Å²) in [6.07, 6.45) is 1.76. The molecule has 0 bridgehead atoms. The van der Waals surface area contributed by atoms with Gasteiger partial charge in [-0.15, -0.1) is 0 Å². The summed E-state index contributed by atoms with van der Waals surface area (Å²) in [6.45, 7) is 3.19. The molecule has 1 aliphatic rings. The van der Waals surface area contributed by atoms with E-state index >= 15 is 0 Å². The minimum atomic E-state index is -0.183. The van der Waals surface area contributed by atoms with Crippen LogP contribution in [0.5, 0.6) is 0 Å². The van der Waals surface area contributed by atoms with E-state index in [0.29, 0.717) is 50.2 Å². The number of amides is 2. The summed E-state index contributed by atoms with van der Waals surface area (Å²) in [5, 5.41) is 2.54. The predicted molar refractivity (Wildman–Crippen MR) is 81.4 cm³/mol. The van der Waals surface area contributed by atoms with Crippen LogP contribution in [-0.2, 0) is 14.3 Å². The van der Waals surface area contributed by atoms with Crippen molar-refractivity contribution in [1.82, 2.24) is 4.90 Å². The second-order valence-corrected chi connectivity index (χ2v) is 5.13. The van der Waals surface area contributed by atoms with Gasteiger partial charge in [-0.1, -0.05) is 12.1 Å². The normalized spacial score (nSPS) is 15.2. The standard InChI is InChI=1S/C16H20N2O4/c1-2-22-16(21)12-7-9-18(10-8-12)15(20)13-5-3-4-6-14(13)17-11-19/h3-6,11-12H,2,7-10H2,1H3,(H,17,19). The van der Waals surface area contributed by atoms with Crippen molar-refractivity contribution in [3.63, 3.8) is 0 Å². The summed E-state index contributed by atoms with van der Waals surface area (Å²) in [7, 11) is 0. The number of likely N-dealkylation sites (tertiary alicyclic amines) is 1. The van der Waals surface area contributed by atoms with Crippen LogP contribution < -0.4 is 5.32 Å². The van der Waals surface area contributed by atoms with Crippen LogP contribution in [0, 0.1) is 5.92 Å². The summed E-state index contributed by atoms with van der Waals surface area (Å²) in [4.78, 5) is 36.6. The molecule has 1 aromatic carbocycles. The molecule has 1 aromatic rings. The number of nitrogens with zero attached hydrogens (tertiary/aromatic N) is 1. The van der Waals surface area contributed by atoms with Gasteiger partial charge in [-0.25, -0.2) is 0 Å². The van der Waals surface area contributed by atoms with Crippen LogP contribution in [0.1, 0.15) is 30.1 Å². The van der Waals surface area contributed by atoms with Gasteiger partial charge >= 0.3 is 5.97 Å². The Hall–Kier alpha value is -2.37. The number of nitrogens with one attached hydrogen (secondary N) is 1. The Labute approximate surface area is 129 Å². The van der Waals surface area contributed by atoms with Crippen molar-refractivity contribution >= 4 is 24.0 Å². The Bertz CT molecular complexity index is 551. The largest absolute Gasteiger partial charge is 0.466 e. The van der Waals surface area contributed by atoms with E-state index < -0.39 is 0 Å². The minimum Gasteiger partial charge on any atom is -0.466 e. The zero-order chi connectivity index (χ0) is 15.9. The van der Waals surface area contributed by atoms with Gasteiger partial charge in [0.05, 0.1) is 23.8 Å². The summed E-state index contributed by atoms with van der Waals surface area (Å²) in [5.41, 5.74) is 0.958. The molecule has 0 spiro atoms. The number of anilines is 1. The molecule has 1 fully saturated rings. The fourth-order valence-corrected chi connectivity index (χ4v) is 2.61. The molecule has 0 atom stereocenters. The molecule has 2 amide bonds. The van der Waals surface area contributed by atoms with Crippen molar-refractivity contribution in [2.45, 2.75) is 19.8 Å². The lowest BCUT2D eigenvalue weighted by Crippen LogP contribution is -2.40. The molecule has 0 saturated carbocycles. The highest BCUT2D eigenvalue weighted by Gasteiger charge is 2.29. The highest BCUT2D eigenvalue weighted by molar-refractivity contribution is 6.01. The van der Waals surface area contributed by atoms with Crippen LogP contribution in [0.3, 0.4) is 0 Å². The summed E-state index contributed by atoms with van der Waals surface area (Å²) in [6, 6.07) is 6.89. The third-order valence-corrected chi connectivity index (χ3v) is 3.77. The van der Waals surface area contributed by atoms with Crippen molar-refractivity contribution in [3.05, 3.63) is 29.8 Å². The molecule has 22 heavy (non-hydrogen) atoms. The number of hydrogen-bond donors (Lipinski definition) is 1. The Morgan fingerprint density at radius 1 is 1.32 bits per heavy atom. The lowest BCUT2D eigenvalue weighted by molar-refractivity contribution is -0.149. The number of rotatable bonds is 5. The van der Waals surface area contributed by atoms with Crippen LogP contribution in [-0.4, -0.2) is 42.9 Å². The number of carbonyl (C=O) groups is 3. The van der Waals surface area contributed by atoms with E-state index in [-0.39, 0.29) is 17.8 Å². The van der Waals surface area contributed by atoms with Crippen LogP contribution in [0.4, 0.5) is 5.69 Å². The van der Waals surface area contributed by atoms with Crippen molar-refractivity contribution < 1.29 is 19.1 Å². The van der Waals surface area contributed by atoms with Gasteiger partial charge in [-0.2, -0.15) is 0 Å². The van der Waals surface area contributed by atoms with Gasteiger partial charge in [0.15, 0.2) is 0 Å². The fraction of sp³-hybridized carbons (Fsp3) is 0.438. The number of para-hydroxylation sites is 1. The highest BCUT2D eigenvalue weighted by atomic mass is 16.5. The van der Waals surface area contributed by atoms with E-state index in [1.165, 1.54) is 0 Å². The SMILES string of the molecule is CCOC(=O)C1CCN(C(=O)c2ccccc2NC=O)CC1. The smallest absolute Gasteiger partial charge is 0.309 e.